The third-order valence-electron chi connectivity index (χ3n) is 4.29. The van der Waals surface area contributed by atoms with Crippen molar-refractivity contribution in [3.63, 3.8) is 0 Å². The molecule has 1 aromatic carbocycles. The zero-order chi connectivity index (χ0) is 22.9. The lowest BCUT2D eigenvalue weighted by molar-refractivity contribution is 0.0285. The summed E-state index contributed by atoms with van der Waals surface area (Å²) in [4.78, 5) is 22.9. The molecule has 0 saturated carbocycles. The van der Waals surface area contributed by atoms with E-state index in [4.69, 9.17) is 4.74 Å². The number of hydrogen-bond acceptors (Lipinski definition) is 4. The molecule has 0 bridgehead atoms. The summed E-state index contributed by atoms with van der Waals surface area (Å²) in [6, 6.07) is 14.1. The number of pyridine rings is 1. The van der Waals surface area contributed by atoms with Crippen LogP contribution in [0.15, 0.2) is 47.5 Å². The monoisotopic (exact) mass is 553 g/mol. The number of nitrogens with zero attached hydrogens (tertiary/aromatic N) is 3. The number of halogens is 1. The Hall–Kier alpha value is -2.36. The highest BCUT2D eigenvalue weighted by Gasteiger charge is 2.19. The molecule has 7 nitrogen and oxygen atoms in total. The number of aromatic nitrogens is 1. The average Bonchev–Trinajstić information content (AvgIpc) is 2.70. The molecule has 176 valence electrons. The number of amides is 1. The molecule has 0 unspecified atom stereocenters. The molecule has 0 aliphatic carbocycles. The van der Waals surface area contributed by atoms with Gasteiger partial charge in [-0.15, -0.1) is 24.0 Å². The van der Waals surface area contributed by atoms with Crippen LogP contribution in [0.25, 0.3) is 0 Å². The van der Waals surface area contributed by atoms with Gasteiger partial charge in [-0.25, -0.2) is 9.79 Å². The third-order valence-corrected chi connectivity index (χ3v) is 4.29. The second kappa shape index (κ2) is 13.2. The molecule has 0 atom stereocenters. The number of aliphatic imine (C=N–C) groups is 1. The van der Waals surface area contributed by atoms with E-state index in [9.17, 15) is 4.79 Å². The van der Waals surface area contributed by atoms with E-state index < -0.39 is 5.60 Å². The summed E-state index contributed by atoms with van der Waals surface area (Å²) >= 11 is 0. The first-order valence-corrected chi connectivity index (χ1v) is 10.6. The lowest BCUT2D eigenvalue weighted by atomic mass is 10.1. The minimum absolute atomic E-state index is 0. The summed E-state index contributed by atoms with van der Waals surface area (Å²) in [7, 11) is 1.74. The van der Waals surface area contributed by atoms with Gasteiger partial charge in [0.2, 0.25) is 0 Å². The summed E-state index contributed by atoms with van der Waals surface area (Å²) in [5, 5.41) is 6.58. The highest BCUT2D eigenvalue weighted by Crippen LogP contribution is 2.12. The van der Waals surface area contributed by atoms with Crippen LogP contribution in [0.4, 0.5) is 4.79 Å². The molecular weight excluding hydrogens is 517 g/mol. The molecule has 8 heteroatoms. The topological polar surface area (TPSA) is 78.9 Å². The van der Waals surface area contributed by atoms with Crippen molar-refractivity contribution in [2.24, 2.45) is 4.99 Å². The Labute approximate surface area is 209 Å². The molecule has 2 N–H and O–H groups in total. The van der Waals surface area contributed by atoms with Crippen molar-refractivity contribution in [3.8, 4) is 0 Å². The van der Waals surface area contributed by atoms with E-state index in [0.717, 1.165) is 35.0 Å². The van der Waals surface area contributed by atoms with Gasteiger partial charge in [-0.05, 0) is 57.9 Å². The molecule has 0 saturated heterocycles. The second-order valence-electron chi connectivity index (χ2n) is 8.47. The Balaban J connectivity index is 0.00000512. The number of carbonyl (C=O) groups is 1. The van der Waals surface area contributed by atoms with E-state index >= 15 is 0 Å². The highest BCUT2D eigenvalue weighted by molar-refractivity contribution is 14.0. The first-order chi connectivity index (χ1) is 14.7. The van der Waals surface area contributed by atoms with Crippen LogP contribution >= 0.6 is 24.0 Å². The van der Waals surface area contributed by atoms with Gasteiger partial charge < -0.3 is 20.3 Å². The van der Waals surface area contributed by atoms with Gasteiger partial charge in [0.25, 0.3) is 0 Å². The van der Waals surface area contributed by atoms with Gasteiger partial charge in [-0.3, -0.25) is 4.98 Å². The van der Waals surface area contributed by atoms with Crippen LogP contribution in [-0.4, -0.2) is 41.1 Å². The zero-order valence-corrected chi connectivity index (χ0v) is 22.3. The van der Waals surface area contributed by atoms with E-state index in [-0.39, 0.29) is 30.1 Å². The van der Waals surface area contributed by atoms with Crippen LogP contribution < -0.4 is 10.6 Å². The van der Waals surface area contributed by atoms with E-state index in [1.807, 2.05) is 77.1 Å². The zero-order valence-electron chi connectivity index (χ0n) is 19.9. The predicted octanol–water partition coefficient (Wildman–Crippen LogP) is 4.63. The number of carbonyl (C=O) groups excluding carboxylic acids is 1. The fraction of sp³-hybridized carbons (Fsp3) is 0.458. The molecule has 0 fully saturated rings. The SMILES string of the molecule is CCNC(=NCc1ccc(CN(C)C(=O)OC(C)(C)C)cc1)NCc1cccc(C)n1.I. The van der Waals surface area contributed by atoms with E-state index in [1.165, 1.54) is 0 Å². The van der Waals surface area contributed by atoms with Crippen molar-refractivity contribution in [2.45, 2.75) is 59.9 Å². The molecular formula is C24H36IN5O2. The molecule has 0 aliphatic heterocycles. The molecule has 0 radical (unpaired) electrons. The molecule has 32 heavy (non-hydrogen) atoms. The van der Waals surface area contributed by atoms with Gasteiger partial charge >= 0.3 is 6.09 Å². The first-order valence-electron chi connectivity index (χ1n) is 10.6. The van der Waals surface area contributed by atoms with E-state index in [0.29, 0.717) is 19.6 Å². The number of benzene rings is 1. The quantitative estimate of drug-likeness (QED) is 0.297. The second-order valence-corrected chi connectivity index (χ2v) is 8.47. The number of hydrogen-bond donors (Lipinski definition) is 2. The molecule has 1 amide bonds. The maximum Gasteiger partial charge on any atom is 0.410 e. The first kappa shape index (κ1) is 27.7. The van der Waals surface area contributed by atoms with Crippen molar-refractivity contribution in [1.29, 1.82) is 0 Å². The Bertz CT molecular complexity index is 879. The maximum absolute atomic E-state index is 12.1. The van der Waals surface area contributed by atoms with Crippen molar-refractivity contribution in [1.82, 2.24) is 20.5 Å². The summed E-state index contributed by atoms with van der Waals surface area (Å²) in [5.41, 5.74) is 3.61. The summed E-state index contributed by atoms with van der Waals surface area (Å²) in [6.45, 7) is 12.1. The number of nitrogens with one attached hydrogen (secondary N) is 2. The normalized spacial score (nSPS) is 11.4. The summed E-state index contributed by atoms with van der Waals surface area (Å²) in [5.74, 6) is 0.750. The standard InChI is InChI=1S/C24H35N5O2.HI/c1-7-25-22(27-16-21-10-8-9-18(2)28-21)26-15-19-11-13-20(14-12-19)17-29(6)23(30)31-24(3,4)5;/h8-14H,7,15-17H2,1-6H3,(H2,25,26,27);1H. The van der Waals surface area contributed by atoms with Gasteiger partial charge in [0.15, 0.2) is 5.96 Å². The largest absolute Gasteiger partial charge is 0.444 e. The minimum Gasteiger partial charge on any atom is -0.444 e. The third kappa shape index (κ3) is 10.3. The van der Waals surface area contributed by atoms with Gasteiger partial charge in [-0.2, -0.15) is 0 Å². The van der Waals surface area contributed by atoms with Gasteiger partial charge in [0, 0.05) is 25.8 Å². The molecule has 1 heterocycles. The lowest BCUT2D eigenvalue weighted by Gasteiger charge is -2.24. The molecule has 1 aromatic heterocycles. The average molecular weight is 553 g/mol. The summed E-state index contributed by atoms with van der Waals surface area (Å²) < 4.78 is 5.40. The van der Waals surface area contributed by atoms with Crippen LogP contribution in [0.2, 0.25) is 0 Å². The Morgan fingerprint density at radius 2 is 1.75 bits per heavy atom. The van der Waals surface area contributed by atoms with Crippen LogP contribution in [0, 0.1) is 6.92 Å². The van der Waals surface area contributed by atoms with Crippen molar-refractivity contribution in [3.05, 3.63) is 65.0 Å². The Morgan fingerprint density at radius 3 is 2.34 bits per heavy atom. The number of ether oxygens (including phenoxy) is 1. The number of aryl methyl sites for hydroxylation is 1. The minimum atomic E-state index is -0.499. The Morgan fingerprint density at radius 1 is 1.09 bits per heavy atom. The van der Waals surface area contributed by atoms with Gasteiger partial charge in [0.1, 0.15) is 5.60 Å². The predicted molar refractivity (Wildman–Crippen MR) is 140 cm³/mol. The molecule has 2 aromatic rings. The maximum atomic E-state index is 12.1. The van der Waals surface area contributed by atoms with Crippen molar-refractivity contribution in [2.75, 3.05) is 13.6 Å². The molecule has 2 rings (SSSR count). The molecule has 0 spiro atoms. The van der Waals surface area contributed by atoms with Gasteiger partial charge in [-0.1, -0.05) is 30.3 Å². The fourth-order valence-electron chi connectivity index (χ4n) is 2.81. The molecule has 0 aliphatic rings. The lowest BCUT2D eigenvalue weighted by Crippen LogP contribution is -2.37. The number of rotatable bonds is 7. The van der Waals surface area contributed by atoms with Crippen LogP contribution in [-0.2, 0) is 24.4 Å². The van der Waals surface area contributed by atoms with E-state index in [1.54, 1.807) is 11.9 Å². The Kier molecular flexibility index (Phi) is 11.5. The van der Waals surface area contributed by atoms with E-state index in [2.05, 4.69) is 20.6 Å². The summed E-state index contributed by atoms with van der Waals surface area (Å²) in [6.07, 6.45) is -0.328. The van der Waals surface area contributed by atoms with Crippen molar-refractivity contribution >= 4 is 36.0 Å². The fourth-order valence-corrected chi connectivity index (χ4v) is 2.81. The van der Waals surface area contributed by atoms with Crippen LogP contribution in [0.1, 0.15) is 50.2 Å². The van der Waals surface area contributed by atoms with Gasteiger partial charge in [0.05, 0.1) is 18.8 Å². The van der Waals surface area contributed by atoms with Crippen LogP contribution in [0.3, 0.4) is 0 Å². The smallest absolute Gasteiger partial charge is 0.410 e. The van der Waals surface area contributed by atoms with Crippen LogP contribution in [0.5, 0.6) is 0 Å². The van der Waals surface area contributed by atoms with Crippen molar-refractivity contribution < 1.29 is 9.53 Å². The number of guanidine groups is 1. The highest BCUT2D eigenvalue weighted by atomic mass is 127.